The Morgan fingerprint density at radius 2 is 1.88 bits per heavy atom. The van der Waals surface area contributed by atoms with E-state index in [0.717, 1.165) is 19.4 Å². The summed E-state index contributed by atoms with van der Waals surface area (Å²) in [5.74, 6) is 0.160. The van der Waals surface area contributed by atoms with Crippen LogP contribution in [0, 0.1) is 5.82 Å². The smallest absolute Gasteiger partial charge is 0.114 e. The number of methoxy groups -OCH3 is 1. The number of hydrogen-bond acceptors (Lipinski definition) is 8. The Morgan fingerprint density at radius 3 is 2.49 bits per heavy atom. The Hall–Kier alpha value is -2.02. The molecule has 0 spiro atoms. The van der Waals surface area contributed by atoms with Crippen LogP contribution in [-0.2, 0) is 4.74 Å². The number of likely N-dealkylation sites (N-methyl/N-ethyl adjacent to an activating group) is 1. The molecule has 9 nitrogen and oxygen atoms in total. The van der Waals surface area contributed by atoms with Gasteiger partial charge >= 0.3 is 173 Å². The predicted molar refractivity (Wildman–Crippen MR) is 160 cm³/mol. The number of nitrogens with zero attached hydrogens (tertiary/aromatic N) is 6. The summed E-state index contributed by atoms with van der Waals surface area (Å²) in [5, 5.41) is 0.535. The van der Waals surface area contributed by atoms with Crippen molar-refractivity contribution in [2.45, 2.75) is 98.1 Å². The van der Waals surface area contributed by atoms with Crippen molar-refractivity contribution in [2.75, 3.05) is 38.7 Å². The summed E-state index contributed by atoms with van der Waals surface area (Å²) in [7, 11) is 3.37. The van der Waals surface area contributed by atoms with Crippen LogP contribution in [0.15, 0.2) is 6.20 Å². The van der Waals surface area contributed by atoms with E-state index in [1.54, 1.807) is 11.1 Å². The minimum atomic E-state index is -2.79. The second-order valence-corrected chi connectivity index (χ2v) is 27.7. The maximum absolute atomic E-state index is 15.5. The molecule has 0 aromatic carbocycles. The van der Waals surface area contributed by atoms with E-state index in [-0.39, 0.29) is 35.5 Å². The fourth-order valence-corrected chi connectivity index (χ4v) is 9.61. The number of carbonyl (C=O) groups excluding carboxylic acids is 1. The molecule has 0 N–H and O–H groups in total. The van der Waals surface area contributed by atoms with Crippen LogP contribution < -0.4 is 13.3 Å². The molecule has 228 valence electrons. The molecule has 5 heterocycles. The van der Waals surface area contributed by atoms with Gasteiger partial charge in [-0.25, -0.2) is 4.39 Å². The molecule has 3 aliphatic heterocycles. The second-order valence-electron chi connectivity index (χ2n) is 13.5. The third-order valence-electron chi connectivity index (χ3n) is 8.17. The largest absolute Gasteiger partial charge is 0.297 e. The number of rotatable bonds is 4. The van der Waals surface area contributed by atoms with Crippen LogP contribution in [0.25, 0.3) is 10.9 Å². The number of hydrogen-bond donors (Lipinski definition) is 0. The average molecular weight is 683 g/mol. The molecule has 3 saturated heterocycles. The molecule has 0 aliphatic carbocycles. The number of pyridine rings is 1. The van der Waals surface area contributed by atoms with E-state index in [1.807, 2.05) is 39.6 Å². The molecular weight excluding hydrogens is 637 g/mol. The molecular formula is C29H46F2N6O3Sn. The van der Waals surface area contributed by atoms with Gasteiger partial charge in [-0.3, -0.25) is 4.90 Å². The van der Waals surface area contributed by atoms with Gasteiger partial charge in [0.15, 0.2) is 0 Å². The minimum Gasteiger partial charge on any atom is -0.297 e. The molecule has 3 fully saturated rings. The number of alkyl halides is 1. The molecule has 0 radical (unpaired) electrons. The Morgan fingerprint density at radius 1 is 1.17 bits per heavy atom. The van der Waals surface area contributed by atoms with E-state index in [1.165, 1.54) is 20.0 Å². The number of halogens is 2. The number of fused-ring (bicyclic) bond motifs is 2. The van der Waals surface area contributed by atoms with Crippen molar-refractivity contribution < 1.29 is 23.0 Å². The van der Waals surface area contributed by atoms with E-state index in [0.29, 0.717) is 34.0 Å². The summed E-state index contributed by atoms with van der Waals surface area (Å²) in [4.78, 5) is 38.3. The standard InChI is InChI=1S/C19H25FN5O3.C7H12FN.3CH3.Sn/c1-11-14(7-8-25(11)18(26)28-19(2,3)4)24(5)16-12-9-21-10-13(20)15(12)22-17(23-16)27-6;8-6-4-7-2-1-3-9(7)5-6;;;;/h9,11,14H,7-8H2,1-6H3;6-7H,1-5H2;3*1H3;. The molecule has 41 heavy (non-hydrogen) atoms. The summed E-state index contributed by atoms with van der Waals surface area (Å²) >= 11 is -2.79. The van der Waals surface area contributed by atoms with E-state index in [9.17, 15) is 9.18 Å². The van der Waals surface area contributed by atoms with Crippen LogP contribution in [0.2, 0.25) is 14.8 Å². The summed E-state index contributed by atoms with van der Waals surface area (Å²) < 4.78 is 39.5. The monoisotopic (exact) mass is 684 g/mol. The third kappa shape index (κ3) is 7.14. The van der Waals surface area contributed by atoms with Crippen LogP contribution in [0.1, 0.15) is 53.4 Å². The van der Waals surface area contributed by atoms with Gasteiger partial charge < -0.3 is 0 Å². The Labute approximate surface area is 246 Å². The number of carbonyl (C=O) groups is 1. The Bertz CT molecular complexity index is 1240. The minimum absolute atomic E-state index is 0.0325. The number of aromatic nitrogens is 3. The number of anilines is 1. The molecule has 4 atom stereocenters. The fraction of sp³-hybridized carbons (Fsp3) is 0.724. The first-order valence-electron chi connectivity index (χ1n) is 14.6. The Kier molecular flexibility index (Phi) is 9.57. The Balaban J connectivity index is 0.000000360. The molecule has 3 aliphatic rings. The third-order valence-corrected chi connectivity index (χ3v) is 13.2. The van der Waals surface area contributed by atoms with Gasteiger partial charge in [-0.1, -0.05) is 0 Å². The molecule has 5 rings (SSSR count). The van der Waals surface area contributed by atoms with Crippen LogP contribution in [0.5, 0.6) is 6.01 Å². The first-order valence-corrected chi connectivity index (χ1v) is 24.6. The van der Waals surface area contributed by atoms with Crippen molar-refractivity contribution in [3.8, 4) is 6.01 Å². The summed E-state index contributed by atoms with van der Waals surface area (Å²) in [6.07, 6.45) is 4.89. The van der Waals surface area contributed by atoms with Crippen molar-refractivity contribution >= 4 is 44.9 Å². The van der Waals surface area contributed by atoms with Gasteiger partial charge in [-0.05, 0) is 46.6 Å². The zero-order valence-corrected chi connectivity index (χ0v) is 28.9. The van der Waals surface area contributed by atoms with Gasteiger partial charge in [0, 0.05) is 12.6 Å². The van der Waals surface area contributed by atoms with Crippen molar-refractivity contribution in [1.82, 2.24) is 24.8 Å². The quantitative estimate of drug-likeness (QED) is 0.428. The molecule has 0 saturated carbocycles. The van der Waals surface area contributed by atoms with E-state index >= 15 is 4.39 Å². The van der Waals surface area contributed by atoms with Crippen LogP contribution in [0.4, 0.5) is 19.4 Å². The SMILES string of the molecule is COc1nc(N(C)C2CCN(C(=O)OC(C)(C)C)C2C)c2cn[c]([Sn]([CH3])([CH3])[CH3])c(F)c2n1.FC1CC2CCCN2C1. The summed E-state index contributed by atoms with van der Waals surface area (Å²) in [5.41, 5.74) is -0.333. The van der Waals surface area contributed by atoms with Crippen LogP contribution >= 0.6 is 0 Å². The topological polar surface area (TPSA) is 83.9 Å². The molecule has 2 aromatic heterocycles. The maximum atomic E-state index is 15.5. The molecule has 1 amide bonds. The molecule has 2 aromatic rings. The second kappa shape index (κ2) is 12.3. The van der Waals surface area contributed by atoms with E-state index < -0.39 is 30.1 Å². The van der Waals surface area contributed by atoms with Gasteiger partial charge in [0.2, 0.25) is 0 Å². The van der Waals surface area contributed by atoms with Crippen LogP contribution in [0.3, 0.4) is 0 Å². The van der Waals surface area contributed by atoms with E-state index in [2.05, 4.69) is 34.7 Å². The fourth-order valence-electron chi connectivity index (χ4n) is 6.11. The normalized spacial score (nSPS) is 24.7. The van der Waals surface area contributed by atoms with Crippen molar-refractivity contribution in [3.05, 3.63) is 12.0 Å². The maximum Gasteiger partial charge on any atom is 0.114 e. The van der Waals surface area contributed by atoms with Crippen molar-refractivity contribution in [1.29, 1.82) is 0 Å². The number of likely N-dealkylation sites (tertiary alicyclic amines) is 1. The van der Waals surface area contributed by atoms with Gasteiger partial charge in [-0.15, -0.1) is 0 Å². The zero-order chi connectivity index (χ0) is 30.3. The first kappa shape index (κ1) is 31.9. The molecule has 0 bridgehead atoms. The van der Waals surface area contributed by atoms with Gasteiger partial charge in [0.05, 0.1) is 0 Å². The van der Waals surface area contributed by atoms with Crippen molar-refractivity contribution in [2.24, 2.45) is 0 Å². The summed E-state index contributed by atoms with van der Waals surface area (Å²) in [6.45, 7) is 9.98. The predicted octanol–water partition coefficient (Wildman–Crippen LogP) is 4.74. The van der Waals surface area contributed by atoms with Gasteiger partial charge in [-0.2, -0.15) is 0 Å². The molecule has 4 unspecified atom stereocenters. The molecule has 12 heteroatoms. The number of amides is 1. The first-order chi connectivity index (χ1) is 19.1. The van der Waals surface area contributed by atoms with Crippen molar-refractivity contribution in [3.63, 3.8) is 0 Å². The van der Waals surface area contributed by atoms with Crippen LogP contribution in [-0.4, -0.2) is 113 Å². The average Bonchev–Trinajstić information content (AvgIpc) is 3.56. The van der Waals surface area contributed by atoms with Gasteiger partial charge in [0.25, 0.3) is 0 Å². The number of ether oxygens (including phenoxy) is 2. The van der Waals surface area contributed by atoms with E-state index in [4.69, 9.17) is 9.47 Å². The summed E-state index contributed by atoms with van der Waals surface area (Å²) in [6, 6.07) is 0.567. The zero-order valence-electron chi connectivity index (χ0n) is 26.0. The van der Waals surface area contributed by atoms with Gasteiger partial charge in [0.1, 0.15) is 6.17 Å².